The summed E-state index contributed by atoms with van der Waals surface area (Å²) in [7, 11) is 0. The van der Waals surface area contributed by atoms with E-state index in [1.807, 2.05) is 19.1 Å². The lowest BCUT2D eigenvalue weighted by atomic mass is 9.98. The average Bonchev–Trinajstić information content (AvgIpc) is 3.23. The zero-order valence-corrected chi connectivity index (χ0v) is 14.6. The lowest BCUT2D eigenvalue weighted by Crippen LogP contribution is -2.34. The number of carbonyl (C=O) groups is 1. The molecule has 0 unspecified atom stereocenters. The Hall–Kier alpha value is -1.92. The van der Waals surface area contributed by atoms with Gasteiger partial charge in [0.05, 0.1) is 5.54 Å². The number of nitrogens with two attached hydrogens (primary N) is 1. The van der Waals surface area contributed by atoms with Crippen LogP contribution in [0.4, 0.5) is 0 Å². The maximum Gasteiger partial charge on any atom is 0.258 e. The van der Waals surface area contributed by atoms with Crippen molar-refractivity contribution < 1.29 is 9.32 Å². The summed E-state index contributed by atoms with van der Waals surface area (Å²) in [6.07, 6.45) is 4.84. The van der Waals surface area contributed by atoms with Crippen molar-refractivity contribution in [2.75, 3.05) is 6.54 Å². The Morgan fingerprint density at radius 3 is 2.83 bits per heavy atom. The molecule has 1 aliphatic carbocycles. The Labute approximate surface area is 147 Å². The Morgan fingerprint density at radius 1 is 1.38 bits per heavy atom. The summed E-state index contributed by atoms with van der Waals surface area (Å²) in [5.74, 6) is 0.868. The van der Waals surface area contributed by atoms with E-state index in [9.17, 15) is 4.79 Å². The minimum Gasteiger partial charge on any atom is -0.352 e. The smallest absolute Gasteiger partial charge is 0.258 e. The van der Waals surface area contributed by atoms with Gasteiger partial charge in [-0.15, -0.1) is 12.4 Å². The van der Waals surface area contributed by atoms with Gasteiger partial charge in [-0.25, -0.2) is 0 Å². The van der Waals surface area contributed by atoms with Gasteiger partial charge in [0.25, 0.3) is 11.8 Å². The fourth-order valence-electron chi connectivity index (χ4n) is 2.91. The van der Waals surface area contributed by atoms with Crippen LogP contribution in [0, 0.1) is 0 Å². The molecule has 3 rings (SSSR count). The lowest BCUT2D eigenvalue weighted by Gasteiger charge is -2.17. The quantitative estimate of drug-likeness (QED) is 0.864. The molecule has 130 valence electrons. The zero-order valence-electron chi connectivity index (χ0n) is 13.7. The van der Waals surface area contributed by atoms with Gasteiger partial charge in [0.2, 0.25) is 0 Å². The Kier molecular flexibility index (Phi) is 5.96. The number of benzene rings is 1. The first kappa shape index (κ1) is 18.4. The van der Waals surface area contributed by atoms with Crippen LogP contribution in [0.15, 0.2) is 28.8 Å². The Morgan fingerprint density at radius 2 is 2.12 bits per heavy atom. The van der Waals surface area contributed by atoms with E-state index < -0.39 is 5.54 Å². The number of carbonyl (C=O) groups excluding carboxylic acids is 1. The molecule has 2 aromatic rings. The average molecular weight is 351 g/mol. The molecule has 6 nitrogen and oxygen atoms in total. The SMILES string of the molecule is CCCNC(=O)c1cccc(-c2nc(C3(N)CCCC3)no2)c1.Cl. The van der Waals surface area contributed by atoms with Crippen molar-refractivity contribution >= 4 is 18.3 Å². The van der Waals surface area contributed by atoms with Gasteiger partial charge < -0.3 is 15.6 Å². The molecule has 1 amide bonds. The molecule has 3 N–H and O–H groups in total. The molecule has 1 fully saturated rings. The van der Waals surface area contributed by atoms with Crippen molar-refractivity contribution in [3.8, 4) is 11.5 Å². The normalized spacial score (nSPS) is 15.8. The van der Waals surface area contributed by atoms with Crippen LogP contribution >= 0.6 is 12.4 Å². The number of aromatic nitrogens is 2. The van der Waals surface area contributed by atoms with Crippen molar-refractivity contribution in [2.45, 2.75) is 44.6 Å². The van der Waals surface area contributed by atoms with Gasteiger partial charge in [-0.2, -0.15) is 4.98 Å². The Bertz CT molecular complexity index is 695. The van der Waals surface area contributed by atoms with Gasteiger partial charge in [0, 0.05) is 17.7 Å². The second-order valence-corrected chi connectivity index (χ2v) is 6.12. The van der Waals surface area contributed by atoms with Crippen molar-refractivity contribution in [1.29, 1.82) is 0 Å². The van der Waals surface area contributed by atoms with Crippen LogP contribution < -0.4 is 11.1 Å². The molecule has 1 aromatic carbocycles. The molecule has 0 aliphatic heterocycles. The molecule has 1 heterocycles. The highest BCUT2D eigenvalue weighted by Gasteiger charge is 2.36. The van der Waals surface area contributed by atoms with E-state index in [2.05, 4.69) is 15.5 Å². The predicted molar refractivity (Wildman–Crippen MR) is 93.9 cm³/mol. The van der Waals surface area contributed by atoms with Crippen LogP contribution in [0.25, 0.3) is 11.5 Å². The van der Waals surface area contributed by atoms with Crippen LogP contribution in [-0.4, -0.2) is 22.6 Å². The minimum absolute atomic E-state index is 0. The van der Waals surface area contributed by atoms with Crippen LogP contribution in [0.5, 0.6) is 0 Å². The largest absolute Gasteiger partial charge is 0.352 e. The van der Waals surface area contributed by atoms with E-state index in [-0.39, 0.29) is 18.3 Å². The van der Waals surface area contributed by atoms with E-state index in [1.165, 1.54) is 0 Å². The molecular weight excluding hydrogens is 328 g/mol. The second kappa shape index (κ2) is 7.77. The third-order valence-corrected chi connectivity index (χ3v) is 4.27. The number of rotatable bonds is 5. The Balaban J connectivity index is 0.00000208. The number of hydrogen-bond donors (Lipinski definition) is 2. The van der Waals surface area contributed by atoms with Gasteiger partial charge in [0.1, 0.15) is 0 Å². The van der Waals surface area contributed by atoms with Gasteiger partial charge in [-0.1, -0.05) is 31.0 Å². The molecule has 0 radical (unpaired) electrons. The first-order valence-electron chi connectivity index (χ1n) is 8.14. The number of amides is 1. The van der Waals surface area contributed by atoms with Gasteiger partial charge in [-0.05, 0) is 37.5 Å². The van der Waals surface area contributed by atoms with Gasteiger partial charge >= 0.3 is 0 Å². The summed E-state index contributed by atoms with van der Waals surface area (Å²) in [6, 6.07) is 7.20. The summed E-state index contributed by atoms with van der Waals surface area (Å²) in [6.45, 7) is 2.67. The standard InChI is InChI=1S/C17H22N4O2.ClH/c1-2-10-19-14(22)12-6-5-7-13(11-12)15-20-16(21-23-15)17(18)8-3-4-9-17;/h5-7,11H,2-4,8-10,18H2,1H3,(H,19,22);1H. The highest BCUT2D eigenvalue weighted by atomic mass is 35.5. The highest BCUT2D eigenvalue weighted by molar-refractivity contribution is 5.95. The van der Waals surface area contributed by atoms with E-state index in [0.717, 1.165) is 37.7 Å². The van der Waals surface area contributed by atoms with Crippen molar-refractivity contribution in [2.24, 2.45) is 5.73 Å². The summed E-state index contributed by atoms with van der Waals surface area (Å²) in [5.41, 5.74) is 7.19. The van der Waals surface area contributed by atoms with Crippen molar-refractivity contribution in [3.05, 3.63) is 35.7 Å². The molecule has 1 saturated carbocycles. The molecule has 24 heavy (non-hydrogen) atoms. The van der Waals surface area contributed by atoms with Crippen molar-refractivity contribution in [3.63, 3.8) is 0 Å². The molecule has 0 spiro atoms. The van der Waals surface area contributed by atoms with E-state index in [4.69, 9.17) is 10.3 Å². The minimum atomic E-state index is -0.474. The van der Waals surface area contributed by atoms with Crippen LogP contribution in [0.2, 0.25) is 0 Å². The molecule has 0 saturated heterocycles. The number of nitrogens with zero attached hydrogens (tertiary/aromatic N) is 2. The summed E-state index contributed by atoms with van der Waals surface area (Å²) in [5, 5.41) is 6.92. The third kappa shape index (κ3) is 3.76. The van der Waals surface area contributed by atoms with Gasteiger partial charge in [0.15, 0.2) is 5.82 Å². The maximum absolute atomic E-state index is 12.1. The predicted octanol–water partition coefficient (Wildman–Crippen LogP) is 3.03. The summed E-state index contributed by atoms with van der Waals surface area (Å²) < 4.78 is 5.37. The van der Waals surface area contributed by atoms with Crippen LogP contribution in [0.1, 0.15) is 55.2 Å². The molecular formula is C17H23ClN4O2. The molecule has 1 aliphatic rings. The molecule has 0 atom stereocenters. The molecule has 1 aromatic heterocycles. The highest BCUT2D eigenvalue weighted by Crippen LogP contribution is 2.35. The maximum atomic E-state index is 12.1. The number of nitrogens with one attached hydrogen (secondary N) is 1. The summed E-state index contributed by atoms with van der Waals surface area (Å²) in [4.78, 5) is 16.5. The fraction of sp³-hybridized carbons (Fsp3) is 0.471. The first-order chi connectivity index (χ1) is 11.1. The van der Waals surface area contributed by atoms with Crippen LogP contribution in [-0.2, 0) is 5.54 Å². The third-order valence-electron chi connectivity index (χ3n) is 4.27. The van der Waals surface area contributed by atoms with E-state index in [0.29, 0.717) is 23.8 Å². The van der Waals surface area contributed by atoms with E-state index in [1.54, 1.807) is 12.1 Å². The first-order valence-corrected chi connectivity index (χ1v) is 8.14. The fourth-order valence-corrected chi connectivity index (χ4v) is 2.91. The van der Waals surface area contributed by atoms with Crippen molar-refractivity contribution in [1.82, 2.24) is 15.5 Å². The van der Waals surface area contributed by atoms with Gasteiger partial charge in [-0.3, -0.25) is 4.79 Å². The monoisotopic (exact) mass is 350 g/mol. The second-order valence-electron chi connectivity index (χ2n) is 6.12. The number of hydrogen-bond acceptors (Lipinski definition) is 5. The number of halogens is 1. The lowest BCUT2D eigenvalue weighted by molar-refractivity contribution is 0.0953. The van der Waals surface area contributed by atoms with Crippen LogP contribution in [0.3, 0.4) is 0 Å². The topological polar surface area (TPSA) is 94.0 Å². The zero-order chi connectivity index (χ0) is 16.3. The molecule has 7 heteroatoms. The summed E-state index contributed by atoms with van der Waals surface area (Å²) >= 11 is 0. The molecule has 0 bridgehead atoms. The van der Waals surface area contributed by atoms with E-state index >= 15 is 0 Å².